The molecule has 0 saturated carbocycles. The molecule has 0 unspecified atom stereocenters. The van der Waals surface area contributed by atoms with Gasteiger partial charge in [0.1, 0.15) is 5.82 Å². The lowest BCUT2D eigenvalue weighted by atomic mass is 9.96. The largest absolute Gasteiger partial charge is 0.213 e. The third kappa shape index (κ3) is 4.05. The van der Waals surface area contributed by atoms with Crippen LogP contribution in [-0.2, 0) is 0 Å². The molecule has 0 fully saturated rings. The summed E-state index contributed by atoms with van der Waals surface area (Å²) >= 11 is 1.80. The molecule has 0 atom stereocenters. The third-order valence-electron chi connectivity index (χ3n) is 6.80. The summed E-state index contributed by atoms with van der Waals surface area (Å²) in [5, 5.41) is 2.44. The molecule has 4 heteroatoms. The van der Waals surface area contributed by atoms with Crippen LogP contribution in [0.15, 0.2) is 121 Å². The van der Waals surface area contributed by atoms with Crippen molar-refractivity contribution in [3.63, 3.8) is 0 Å². The van der Waals surface area contributed by atoms with Crippen molar-refractivity contribution in [1.29, 1.82) is 0 Å². The Hall–Kier alpha value is -4.67. The first kappa shape index (κ1) is 22.5. The van der Waals surface area contributed by atoms with Gasteiger partial charge in [-0.15, -0.1) is 11.3 Å². The van der Waals surface area contributed by atoms with E-state index in [2.05, 4.69) is 109 Å². The van der Waals surface area contributed by atoms with Gasteiger partial charge in [-0.1, -0.05) is 91.0 Å². The molecule has 0 aliphatic heterocycles. The van der Waals surface area contributed by atoms with Crippen LogP contribution >= 0.6 is 11.3 Å². The second-order valence-corrected chi connectivity index (χ2v) is 10.4. The number of hydrogen-bond acceptors (Lipinski definition) is 4. The molecule has 38 heavy (non-hydrogen) atoms. The van der Waals surface area contributed by atoms with Crippen LogP contribution in [-0.4, -0.2) is 15.0 Å². The van der Waals surface area contributed by atoms with Crippen LogP contribution in [0.1, 0.15) is 5.82 Å². The van der Waals surface area contributed by atoms with Crippen LogP contribution in [0.25, 0.3) is 65.2 Å². The number of aryl methyl sites for hydroxylation is 1. The van der Waals surface area contributed by atoms with Gasteiger partial charge in [-0.2, -0.15) is 0 Å². The predicted octanol–water partition coefficient (Wildman–Crippen LogP) is 9.22. The topological polar surface area (TPSA) is 38.7 Å². The van der Waals surface area contributed by atoms with Crippen molar-refractivity contribution < 1.29 is 0 Å². The van der Waals surface area contributed by atoms with E-state index in [0.717, 1.165) is 33.4 Å². The van der Waals surface area contributed by atoms with Gasteiger partial charge in [0.2, 0.25) is 0 Å². The van der Waals surface area contributed by atoms with E-state index in [0.29, 0.717) is 17.5 Å². The highest BCUT2D eigenvalue weighted by molar-refractivity contribution is 7.25. The Labute approximate surface area is 225 Å². The minimum absolute atomic E-state index is 0.680. The molecule has 2 aromatic heterocycles. The second-order valence-electron chi connectivity index (χ2n) is 9.34. The molecule has 0 aliphatic carbocycles. The molecule has 0 N–H and O–H groups in total. The molecule has 0 saturated heterocycles. The van der Waals surface area contributed by atoms with E-state index >= 15 is 0 Å². The normalized spacial score (nSPS) is 11.3. The van der Waals surface area contributed by atoms with Crippen molar-refractivity contribution in [3.05, 3.63) is 127 Å². The average molecular weight is 506 g/mol. The van der Waals surface area contributed by atoms with Crippen molar-refractivity contribution >= 4 is 31.5 Å². The molecule has 5 aromatic carbocycles. The first-order valence-electron chi connectivity index (χ1n) is 12.6. The van der Waals surface area contributed by atoms with Crippen molar-refractivity contribution in [2.24, 2.45) is 0 Å². The van der Waals surface area contributed by atoms with Gasteiger partial charge in [-0.05, 0) is 59.5 Å². The summed E-state index contributed by atoms with van der Waals surface area (Å²) < 4.78 is 2.50. The minimum atomic E-state index is 0.680. The molecular weight excluding hydrogens is 482 g/mol. The molecule has 7 aromatic rings. The SMILES string of the molecule is Cc1nc(-c2cc(-c3ccccc3)cc(-c3ccccc3)c2)nc(-c2cccc3sc4ccccc4c23)n1. The van der Waals surface area contributed by atoms with Crippen LogP contribution in [0.5, 0.6) is 0 Å². The van der Waals surface area contributed by atoms with Gasteiger partial charge in [-0.25, -0.2) is 15.0 Å². The number of aromatic nitrogens is 3. The summed E-state index contributed by atoms with van der Waals surface area (Å²) in [6.07, 6.45) is 0. The number of nitrogens with zero attached hydrogens (tertiary/aromatic N) is 3. The Balaban J connectivity index is 1.44. The monoisotopic (exact) mass is 505 g/mol. The Morgan fingerprint density at radius 3 is 1.76 bits per heavy atom. The Morgan fingerprint density at radius 1 is 0.474 bits per heavy atom. The number of thiophene rings is 1. The second kappa shape index (κ2) is 9.33. The summed E-state index contributed by atoms with van der Waals surface area (Å²) in [7, 11) is 0. The standard InChI is InChI=1S/C34H23N3S/c1-22-35-33(37-34(36-22)29-16-10-18-31-32(29)28-15-8-9-17-30(28)38-31)27-20-25(23-11-4-2-5-12-23)19-26(21-27)24-13-6-3-7-14-24/h2-21H,1H3. The van der Waals surface area contributed by atoms with Crippen molar-refractivity contribution in [2.75, 3.05) is 0 Å². The van der Waals surface area contributed by atoms with E-state index in [4.69, 9.17) is 15.0 Å². The molecule has 180 valence electrons. The third-order valence-corrected chi connectivity index (χ3v) is 7.93. The smallest absolute Gasteiger partial charge is 0.164 e. The van der Waals surface area contributed by atoms with Gasteiger partial charge in [0.25, 0.3) is 0 Å². The van der Waals surface area contributed by atoms with Crippen molar-refractivity contribution in [2.45, 2.75) is 6.92 Å². The van der Waals surface area contributed by atoms with E-state index in [9.17, 15) is 0 Å². The van der Waals surface area contributed by atoms with Gasteiger partial charge in [0.15, 0.2) is 11.6 Å². The maximum absolute atomic E-state index is 5.06. The Bertz CT molecular complexity index is 1870. The fourth-order valence-corrected chi connectivity index (χ4v) is 6.18. The van der Waals surface area contributed by atoms with Crippen LogP contribution in [0.4, 0.5) is 0 Å². The van der Waals surface area contributed by atoms with Crippen molar-refractivity contribution in [1.82, 2.24) is 15.0 Å². The van der Waals surface area contributed by atoms with Gasteiger partial charge < -0.3 is 0 Å². The molecule has 2 heterocycles. The highest BCUT2D eigenvalue weighted by Gasteiger charge is 2.16. The lowest BCUT2D eigenvalue weighted by Gasteiger charge is -2.12. The van der Waals surface area contributed by atoms with Gasteiger partial charge in [0.05, 0.1) is 0 Å². The summed E-state index contributed by atoms with van der Waals surface area (Å²) in [4.78, 5) is 14.7. The summed E-state index contributed by atoms with van der Waals surface area (Å²) in [6, 6.07) is 42.5. The first-order valence-corrected chi connectivity index (χ1v) is 13.4. The molecule has 0 bridgehead atoms. The lowest BCUT2D eigenvalue weighted by Crippen LogP contribution is -2.00. The maximum atomic E-state index is 5.06. The van der Waals surface area contributed by atoms with E-state index < -0.39 is 0 Å². The predicted molar refractivity (Wildman–Crippen MR) is 159 cm³/mol. The van der Waals surface area contributed by atoms with E-state index in [1.165, 1.54) is 20.2 Å². The summed E-state index contributed by atoms with van der Waals surface area (Å²) in [6.45, 7) is 1.94. The van der Waals surface area contributed by atoms with E-state index in [1.807, 2.05) is 19.1 Å². The fourth-order valence-electron chi connectivity index (χ4n) is 5.04. The number of benzene rings is 5. The van der Waals surface area contributed by atoms with Crippen LogP contribution in [0.2, 0.25) is 0 Å². The van der Waals surface area contributed by atoms with Crippen molar-refractivity contribution in [3.8, 4) is 45.0 Å². The first-order chi connectivity index (χ1) is 18.7. The zero-order valence-corrected chi connectivity index (χ0v) is 21.6. The van der Waals surface area contributed by atoms with Gasteiger partial charge in [-0.3, -0.25) is 0 Å². The number of rotatable bonds is 4. The minimum Gasteiger partial charge on any atom is -0.213 e. The van der Waals surface area contributed by atoms with Gasteiger partial charge >= 0.3 is 0 Å². The Morgan fingerprint density at radius 2 is 1.05 bits per heavy atom. The number of fused-ring (bicyclic) bond motifs is 3. The molecular formula is C34H23N3S. The average Bonchev–Trinajstić information content (AvgIpc) is 3.36. The molecule has 0 aliphatic rings. The fraction of sp³-hybridized carbons (Fsp3) is 0.0294. The highest BCUT2D eigenvalue weighted by Crippen LogP contribution is 2.39. The van der Waals surface area contributed by atoms with E-state index in [-0.39, 0.29) is 0 Å². The molecule has 0 spiro atoms. The van der Waals surface area contributed by atoms with Crippen LogP contribution in [0.3, 0.4) is 0 Å². The zero-order valence-electron chi connectivity index (χ0n) is 20.8. The zero-order chi connectivity index (χ0) is 25.5. The quantitative estimate of drug-likeness (QED) is 0.239. The van der Waals surface area contributed by atoms with E-state index in [1.54, 1.807) is 11.3 Å². The Kier molecular flexibility index (Phi) is 5.53. The van der Waals surface area contributed by atoms with Crippen LogP contribution < -0.4 is 0 Å². The maximum Gasteiger partial charge on any atom is 0.164 e. The lowest BCUT2D eigenvalue weighted by molar-refractivity contribution is 0.993. The highest BCUT2D eigenvalue weighted by atomic mass is 32.1. The molecule has 7 rings (SSSR count). The molecule has 3 nitrogen and oxygen atoms in total. The molecule has 0 amide bonds. The summed E-state index contributed by atoms with van der Waals surface area (Å²) in [5.41, 5.74) is 6.59. The van der Waals surface area contributed by atoms with Gasteiger partial charge in [0, 0.05) is 31.3 Å². The molecule has 0 radical (unpaired) electrons. The number of hydrogen-bond donors (Lipinski definition) is 0. The van der Waals surface area contributed by atoms with Crippen LogP contribution in [0, 0.1) is 6.92 Å². The summed E-state index contributed by atoms with van der Waals surface area (Å²) in [5.74, 6) is 2.08.